The van der Waals surface area contributed by atoms with Crippen LogP contribution in [-0.2, 0) is 9.59 Å². The first-order chi connectivity index (χ1) is 9.19. The first-order valence-corrected chi connectivity index (χ1v) is 6.72. The minimum atomic E-state index is -0.194. The summed E-state index contributed by atoms with van der Waals surface area (Å²) in [6, 6.07) is 10.2. The van der Waals surface area contributed by atoms with Gasteiger partial charge in [0.2, 0.25) is 11.8 Å². The average Bonchev–Trinajstić information content (AvgIpc) is 2.43. The Morgan fingerprint density at radius 3 is 2.35 bits per heavy atom. The van der Waals surface area contributed by atoms with Crippen LogP contribution < -0.4 is 5.32 Å². The monoisotopic (exact) mass is 488 g/mol. The van der Waals surface area contributed by atoms with Gasteiger partial charge in [-0.1, -0.05) is 13.8 Å². The Hall–Kier alpha value is -0.198. The predicted molar refractivity (Wildman–Crippen MR) is 77.4 cm³/mol. The Labute approximate surface area is 158 Å². The van der Waals surface area contributed by atoms with E-state index in [2.05, 4.69) is 11.4 Å². The molecule has 1 aromatic carbocycles. The van der Waals surface area contributed by atoms with Crippen LogP contribution in [-0.4, -0.2) is 11.8 Å². The largest absolute Gasteiger partial charge is 0.335 e. The summed E-state index contributed by atoms with van der Waals surface area (Å²) in [7, 11) is 0. The fourth-order valence-corrected chi connectivity index (χ4v) is 1.64. The predicted octanol–water partition coefficient (Wildman–Crippen LogP) is 3.26. The summed E-state index contributed by atoms with van der Waals surface area (Å²) in [4.78, 5) is 22.4. The summed E-state index contributed by atoms with van der Waals surface area (Å²) >= 11 is 0. The van der Waals surface area contributed by atoms with E-state index in [1.165, 1.54) is 0 Å². The van der Waals surface area contributed by atoms with Crippen LogP contribution in [0, 0.1) is 56.5 Å². The molecule has 1 fully saturated rings. The molecule has 1 heterocycles. The van der Waals surface area contributed by atoms with Gasteiger partial charge in [0.25, 0.3) is 0 Å². The zero-order valence-corrected chi connectivity index (χ0v) is 17.5. The molecule has 2 amide bonds. The normalized spacial score (nSPS) is 16.5. The molecule has 1 radical (unpaired) electrons. The van der Waals surface area contributed by atoms with Gasteiger partial charge in [0.1, 0.15) is 0 Å². The number of imide groups is 1. The topological polar surface area (TPSA) is 46.2 Å². The molecule has 4 heteroatoms. The molecule has 1 atom stereocenters. The number of amides is 2. The molecule has 1 aliphatic rings. The first-order valence-electron chi connectivity index (χ1n) is 6.72. The van der Waals surface area contributed by atoms with Crippen LogP contribution in [0.15, 0.2) is 24.3 Å². The maximum Gasteiger partial charge on any atom is 0.226 e. The van der Waals surface area contributed by atoms with E-state index in [9.17, 15) is 9.59 Å². The maximum absolute atomic E-state index is 11.5. The third-order valence-electron chi connectivity index (χ3n) is 2.37. The minimum absolute atomic E-state index is 0. The molecule has 1 N–H and O–H groups in total. The van der Waals surface area contributed by atoms with Crippen molar-refractivity contribution in [3.8, 4) is 0 Å². The van der Waals surface area contributed by atoms with Gasteiger partial charge in [-0.25, -0.2) is 0 Å². The Kier molecular flexibility index (Phi) is 15.2. The summed E-state index contributed by atoms with van der Waals surface area (Å²) in [6.07, 6.45) is 3.02. The fourth-order valence-electron chi connectivity index (χ4n) is 1.64. The van der Waals surface area contributed by atoms with Crippen molar-refractivity contribution in [3.05, 3.63) is 42.3 Å². The molecule has 1 aromatic rings. The zero-order valence-electron chi connectivity index (χ0n) is 12.8. The van der Waals surface area contributed by atoms with Crippen molar-refractivity contribution < 1.29 is 53.7 Å². The van der Waals surface area contributed by atoms with Crippen molar-refractivity contribution in [1.29, 1.82) is 0 Å². The summed E-state index contributed by atoms with van der Waals surface area (Å²) in [5, 5.41) is 2.34. The molecular formula is C16H23AcNO2-2. The first kappa shape index (κ1) is 22.1. The molecule has 1 unspecified atom stereocenters. The number of hydrogen-bond donors (Lipinski definition) is 1. The third kappa shape index (κ3) is 8.17. The zero-order chi connectivity index (χ0) is 14.7. The number of carbonyl (C=O) groups is 2. The molecular weight excluding hydrogens is 465 g/mol. The number of rotatable bonds is 1. The summed E-state index contributed by atoms with van der Waals surface area (Å²) in [6.45, 7) is 8.00. The summed E-state index contributed by atoms with van der Waals surface area (Å²) < 4.78 is 0. The second kappa shape index (κ2) is 13.8. The van der Waals surface area contributed by atoms with Gasteiger partial charge in [-0.2, -0.15) is 44.2 Å². The fraction of sp³-hybridized carbons (Fsp3) is 0.438. The van der Waals surface area contributed by atoms with Crippen LogP contribution in [0.1, 0.15) is 52.0 Å². The molecule has 2 rings (SSSR count). The SMILES string of the molecule is CC.C[CH-]C.O=C1CCC(c2c[c-]ccc2)C(=O)N1.[Ac]. The Morgan fingerprint density at radius 2 is 1.90 bits per heavy atom. The van der Waals surface area contributed by atoms with Crippen molar-refractivity contribution in [2.75, 3.05) is 0 Å². The molecule has 0 aliphatic carbocycles. The Bertz CT molecular complexity index is 379. The second-order valence-electron chi connectivity index (χ2n) is 3.92. The third-order valence-corrected chi connectivity index (χ3v) is 2.37. The number of carbonyl (C=O) groups excluding carboxylic acids is 2. The van der Waals surface area contributed by atoms with E-state index < -0.39 is 0 Å². The molecule has 0 aromatic heterocycles. The molecule has 0 bridgehead atoms. The summed E-state index contributed by atoms with van der Waals surface area (Å²) in [5.41, 5.74) is 0.928. The van der Waals surface area contributed by atoms with Gasteiger partial charge >= 0.3 is 0 Å². The Balaban J connectivity index is 0. The van der Waals surface area contributed by atoms with Crippen molar-refractivity contribution >= 4 is 11.8 Å². The molecule has 1 saturated heterocycles. The van der Waals surface area contributed by atoms with E-state index in [1.54, 1.807) is 12.1 Å². The quantitative estimate of drug-likeness (QED) is 0.488. The number of piperidine rings is 1. The van der Waals surface area contributed by atoms with Gasteiger partial charge in [0.15, 0.2) is 0 Å². The van der Waals surface area contributed by atoms with E-state index in [-0.39, 0.29) is 61.8 Å². The van der Waals surface area contributed by atoms with Crippen LogP contribution in [0.25, 0.3) is 0 Å². The molecule has 109 valence electrons. The summed E-state index contributed by atoms with van der Waals surface area (Å²) in [5.74, 6) is -0.558. The average molecular weight is 488 g/mol. The van der Waals surface area contributed by atoms with Gasteiger partial charge in [-0.15, -0.1) is 5.56 Å². The van der Waals surface area contributed by atoms with E-state index in [0.717, 1.165) is 5.56 Å². The molecule has 0 spiro atoms. The minimum Gasteiger partial charge on any atom is -0.335 e. The van der Waals surface area contributed by atoms with Crippen molar-refractivity contribution in [1.82, 2.24) is 5.32 Å². The molecule has 0 saturated carbocycles. The van der Waals surface area contributed by atoms with Crippen molar-refractivity contribution in [2.24, 2.45) is 0 Å². The van der Waals surface area contributed by atoms with E-state index in [4.69, 9.17) is 0 Å². The van der Waals surface area contributed by atoms with E-state index in [1.807, 2.05) is 46.2 Å². The van der Waals surface area contributed by atoms with Gasteiger partial charge in [0.05, 0.1) is 0 Å². The van der Waals surface area contributed by atoms with Gasteiger partial charge in [0, 0.05) is 56.4 Å². The van der Waals surface area contributed by atoms with E-state index >= 15 is 0 Å². The number of nitrogens with one attached hydrogen (secondary N) is 1. The standard InChI is InChI=1S/C11H10NO2.C3H7.C2H6.Ac/c13-10-7-6-9(11(14)12-10)8-4-2-1-3-5-8;1-3-2;1-2;/h1-2,4-5,9H,6-7H2,(H,12,13,14);3H,1-2H3;1-2H3;/q2*-1;;. The Morgan fingerprint density at radius 1 is 1.30 bits per heavy atom. The molecule has 20 heavy (non-hydrogen) atoms. The van der Waals surface area contributed by atoms with E-state index in [0.29, 0.717) is 12.8 Å². The van der Waals surface area contributed by atoms with Crippen LogP contribution >= 0.6 is 0 Å². The van der Waals surface area contributed by atoms with Gasteiger partial charge < -0.3 is 6.42 Å². The van der Waals surface area contributed by atoms with Gasteiger partial charge in [-0.3, -0.25) is 14.9 Å². The second-order valence-corrected chi connectivity index (χ2v) is 3.92. The van der Waals surface area contributed by atoms with Crippen LogP contribution in [0.4, 0.5) is 0 Å². The van der Waals surface area contributed by atoms with Crippen LogP contribution in [0.3, 0.4) is 0 Å². The van der Waals surface area contributed by atoms with Crippen molar-refractivity contribution in [2.45, 2.75) is 46.5 Å². The number of hydrogen-bond acceptors (Lipinski definition) is 2. The van der Waals surface area contributed by atoms with Crippen LogP contribution in [0.5, 0.6) is 0 Å². The number of benzene rings is 1. The molecule has 1 aliphatic heterocycles. The van der Waals surface area contributed by atoms with Crippen LogP contribution in [0.2, 0.25) is 0 Å². The van der Waals surface area contributed by atoms with Gasteiger partial charge in [-0.05, 0) is 6.42 Å². The van der Waals surface area contributed by atoms with Crippen molar-refractivity contribution in [3.63, 3.8) is 0 Å². The smallest absolute Gasteiger partial charge is 0.226 e. The molecule has 3 nitrogen and oxygen atoms in total. The maximum atomic E-state index is 11.5.